The van der Waals surface area contributed by atoms with Crippen LogP contribution in [0.2, 0.25) is 0 Å². The van der Waals surface area contributed by atoms with Gasteiger partial charge in [-0.15, -0.1) is 0 Å². The molecule has 2 rings (SSSR count). The van der Waals surface area contributed by atoms with Gasteiger partial charge in [-0.05, 0) is 6.92 Å². The maximum Gasteiger partial charge on any atom is 0.299 e. The Labute approximate surface area is 107 Å². The Morgan fingerprint density at radius 3 is 2.82 bits per heavy atom. The molecule has 0 radical (unpaired) electrons. The van der Waals surface area contributed by atoms with Crippen LogP contribution in [-0.4, -0.2) is 56.2 Å². The predicted molar refractivity (Wildman–Crippen MR) is 67.8 cm³/mol. The minimum Gasteiger partial charge on any atom is -0.622 e. The Bertz CT molecular complexity index is 242. The van der Waals surface area contributed by atoms with Crippen LogP contribution in [0.3, 0.4) is 0 Å². The summed E-state index contributed by atoms with van der Waals surface area (Å²) in [6.45, 7) is 6.92. The van der Waals surface area contributed by atoms with E-state index in [1.54, 1.807) is 0 Å². The highest BCUT2D eigenvalue weighted by atomic mass is 32.7. The Kier molecular flexibility index (Phi) is 5.49. The average Bonchev–Trinajstić information content (AvgIpc) is 2.30. The van der Waals surface area contributed by atoms with Gasteiger partial charge in [-0.3, -0.25) is 4.90 Å². The van der Waals surface area contributed by atoms with Crippen LogP contribution in [0.25, 0.3) is 0 Å². The SMILES string of the molecule is CC1CCO[P+]([O-])(SCCN2CCOCC2)O1. The second kappa shape index (κ2) is 6.66. The maximum absolute atomic E-state index is 12.2. The molecular formula is C10H20NO4PS. The van der Waals surface area contributed by atoms with Gasteiger partial charge < -0.3 is 9.63 Å². The molecule has 0 aromatic rings. The molecule has 2 aliphatic rings. The summed E-state index contributed by atoms with van der Waals surface area (Å²) in [6, 6.07) is 0. The van der Waals surface area contributed by atoms with Gasteiger partial charge in [-0.25, -0.2) is 0 Å². The van der Waals surface area contributed by atoms with Gasteiger partial charge in [0.1, 0.15) is 6.10 Å². The lowest BCUT2D eigenvalue weighted by atomic mass is 10.3. The number of rotatable bonds is 4. The first-order valence-corrected chi connectivity index (χ1v) is 9.19. The standard InChI is InChI=1S/C10H20NO4PS/c1-10-2-6-14-16(12,15-10)17-9-5-11-3-7-13-8-4-11/h10H,2-9H2,1H3. The highest BCUT2D eigenvalue weighted by Crippen LogP contribution is 2.66. The maximum atomic E-state index is 12.2. The smallest absolute Gasteiger partial charge is 0.299 e. The summed E-state index contributed by atoms with van der Waals surface area (Å²) < 4.78 is 16.0. The summed E-state index contributed by atoms with van der Waals surface area (Å²) in [7, 11) is -2.88. The van der Waals surface area contributed by atoms with Crippen molar-refractivity contribution in [3.63, 3.8) is 0 Å². The van der Waals surface area contributed by atoms with Crippen molar-refractivity contribution in [2.75, 3.05) is 45.2 Å². The van der Waals surface area contributed by atoms with Gasteiger partial charge in [-0.1, -0.05) is 0 Å². The Morgan fingerprint density at radius 2 is 2.12 bits per heavy atom. The molecule has 0 N–H and O–H groups in total. The van der Waals surface area contributed by atoms with Crippen LogP contribution in [0, 0.1) is 0 Å². The third-order valence-corrected chi connectivity index (χ3v) is 6.71. The molecule has 0 amide bonds. The van der Waals surface area contributed by atoms with Crippen LogP contribution in [-0.2, 0) is 13.8 Å². The van der Waals surface area contributed by atoms with Crippen molar-refractivity contribution < 1.29 is 18.7 Å². The third kappa shape index (κ3) is 4.63. The van der Waals surface area contributed by atoms with Crippen molar-refractivity contribution in [1.82, 2.24) is 4.90 Å². The fraction of sp³-hybridized carbons (Fsp3) is 1.00. The summed E-state index contributed by atoms with van der Waals surface area (Å²) >= 11 is 1.33. The molecule has 2 unspecified atom stereocenters. The van der Waals surface area contributed by atoms with Crippen molar-refractivity contribution in [3.8, 4) is 0 Å². The van der Waals surface area contributed by atoms with Crippen LogP contribution >= 0.6 is 18.5 Å². The Morgan fingerprint density at radius 1 is 1.35 bits per heavy atom. The van der Waals surface area contributed by atoms with E-state index in [1.165, 1.54) is 11.4 Å². The molecule has 2 atom stereocenters. The number of nitrogens with zero attached hydrogens (tertiary/aromatic N) is 1. The first-order valence-electron chi connectivity index (χ1n) is 6.05. The van der Waals surface area contributed by atoms with Gasteiger partial charge in [0.2, 0.25) is 0 Å². The first-order chi connectivity index (χ1) is 8.18. The topological polar surface area (TPSA) is 54.0 Å². The largest absolute Gasteiger partial charge is 0.622 e. The van der Waals surface area contributed by atoms with E-state index in [2.05, 4.69) is 4.90 Å². The zero-order valence-electron chi connectivity index (χ0n) is 10.2. The zero-order valence-corrected chi connectivity index (χ0v) is 11.9. The lowest BCUT2D eigenvalue weighted by Crippen LogP contribution is -2.37. The Hall–Kier alpha value is 0.580. The molecule has 0 bridgehead atoms. The van der Waals surface area contributed by atoms with E-state index >= 15 is 0 Å². The second-order valence-electron chi connectivity index (χ2n) is 4.27. The van der Waals surface area contributed by atoms with Gasteiger partial charge in [-0.2, -0.15) is 9.05 Å². The van der Waals surface area contributed by atoms with Gasteiger partial charge in [0.25, 0.3) is 7.15 Å². The van der Waals surface area contributed by atoms with Crippen LogP contribution in [0.5, 0.6) is 0 Å². The van der Waals surface area contributed by atoms with E-state index in [9.17, 15) is 4.89 Å². The van der Waals surface area contributed by atoms with Crippen molar-refractivity contribution in [3.05, 3.63) is 0 Å². The van der Waals surface area contributed by atoms with Gasteiger partial charge in [0, 0.05) is 31.8 Å². The highest BCUT2D eigenvalue weighted by Gasteiger charge is 2.38. The summed E-state index contributed by atoms with van der Waals surface area (Å²) in [4.78, 5) is 14.5. The quantitative estimate of drug-likeness (QED) is 0.714. The van der Waals surface area contributed by atoms with E-state index in [-0.39, 0.29) is 6.10 Å². The van der Waals surface area contributed by atoms with E-state index in [0.717, 1.165) is 45.0 Å². The molecule has 0 aromatic heterocycles. The molecular weight excluding hydrogens is 261 g/mol. The van der Waals surface area contributed by atoms with Crippen LogP contribution < -0.4 is 4.89 Å². The fourth-order valence-electron chi connectivity index (χ4n) is 1.81. The molecule has 2 heterocycles. The molecule has 0 saturated carbocycles. The molecule has 0 spiro atoms. The summed E-state index contributed by atoms with van der Waals surface area (Å²) in [5, 5.41) is 0. The average molecular weight is 281 g/mol. The van der Waals surface area contributed by atoms with E-state index in [0.29, 0.717) is 6.61 Å². The van der Waals surface area contributed by atoms with Crippen LogP contribution in [0.4, 0.5) is 0 Å². The molecule has 0 aromatic carbocycles. The third-order valence-electron chi connectivity index (χ3n) is 2.84. The summed E-state index contributed by atoms with van der Waals surface area (Å²) in [6.07, 6.45) is 0.874. The van der Waals surface area contributed by atoms with Crippen molar-refractivity contribution in [2.24, 2.45) is 0 Å². The van der Waals surface area contributed by atoms with E-state index < -0.39 is 7.15 Å². The number of hydrogen-bond donors (Lipinski definition) is 0. The first kappa shape index (κ1) is 14.0. The predicted octanol–water partition coefficient (Wildman–Crippen LogP) is 0.915. The molecule has 100 valence electrons. The molecule has 2 fully saturated rings. The van der Waals surface area contributed by atoms with Crippen molar-refractivity contribution >= 4 is 18.5 Å². The molecule has 0 aliphatic carbocycles. The second-order valence-corrected chi connectivity index (χ2v) is 8.42. The molecule has 2 aliphatic heterocycles. The molecule has 17 heavy (non-hydrogen) atoms. The van der Waals surface area contributed by atoms with Crippen molar-refractivity contribution in [2.45, 2.75) is 19.4 Å². The summed E-state index contributed by atoms with van der Waals surface area (Å²) in [5.74, 6) is 0.782. The molecule has 7 heteroatoms. The fourth-order valence-corrected chi connectivity index (χ4v) is 5.43. The van der Waals surface area contributed by atoms with Crippen LogP contribution in [0.1, 0.15) is 13.3 Å². The molecule has 2 saturated heterocycles. The van der Waals surface area contributed by atoms with Gasteiger partial charge in [0.15, 0.2) is 0 Å². The lowest BCUT2D eigenvalue weighted by molar-refractivity contribution is -0.219. The number of morpholine rings is 1. The van der Waals surface area contributed by atoms with E-state index in [1.807, 2.05) is 6.92 Å². The monoisotopic (exact) mass is 281 g/mol. The lowest BCUT2D eigenvalue weighted by Gasteiger charge is -2.32. The van der Waals surface area contributed by atoms with Gasteiger partial charge in [0.05, 0.1) is 31.2 Å². The normalized spacial score (nSPS) is 36.0. The molecule has 5 nitrogen and oxygen atoms in total. The number of ether oxygens (including phenoxy) is 1. The summed E-state index contributed by atoms with van der Waals surface area (Å²) in [5.41, 5.74) is 0. The minimum absolute atomic E-state index is 0.0467. The van der Waals surface area contributed by atoms with Gasteiger partial charge >= 0.3 is 0 Å². The van der Waals surface area contributed by atoms with Crippen LogP contribution in [0.15, 0.2) is 0 Å². The van der Waals surface area contributed by atoms with Crippen molar-refractivity contribution in [1.29, 1.82) is 0 Å². The van der Waals surface area contributed by atoms with E-state index in [4.69, 9.17) is 13.8 Å². The zero-order chi connectivity index (χ0) is 12.1. The Balaban J connectivity index is 1.66. The minimum atomic E-state index is -2.88. The highest BCUT2D eigenvalue weighted by molar-refractivity contribution is 8.57. The number of hydrogen-bond acceptors (Lipinski definition) is 6.